The molecule has 15 heavy (non-hydrogen) atoms. The summed E-state index contributed by atoms with van der Waals surface area (Å²) in [5.41, 5.74) is 0.161. The highest BCUT2D eigenvalue weighted by atomic mass is 16.4. The molecule has 0 fully saturated rings. The van der Waals surface area contributed by atoms with Crippen LogP contribution in [-0.4, -0.2) is 22.1 Å². The summed E-state index contributed by atoms with van der Waals surface area (Å²) in [5, 5.41) is 11.7. The molecule has 78 valence electrons. The number of hydrogen-bond donors (Lipinski definition) is 2. The van der Waals surface area contributed by atoms with Crippen molar-refractivity contribution >= 4 is 11.8 Å². The third-order valence-electron chi connectivity index (χ3n) is 1.94. The number of aromatic carboxylic acids is 1. The van der Waals surface area contributed by atoms with E-state index in [-0.39, 0.29) is 11.6 Å². The Morgan fingerprint density at radius 2 is 2.47 bits per heavy atom. The van der Waals surface area contributed by atoms with Crippen LogP contribution in [0.1, 0.15) is 23.7 Å². The van der Waals surface area contributed by atoms with E-state index < -0.39 is 5.97 Å². The highest BCUT2D eigenvalue weighted by Crippen LogP contribution is 2.07. The molecule has 0 aliphatic rings. The largest absolute Gasteiger partial charge is 0.478 e. The van der Waals surface area contributed by atoms with Crippen molar-refractivity contribution in [1.82, 2.24) is 4.98 Å². The van der Waals surface area contributed by atoms with Gasteiger partial charge in [-0.2, -0.15) is 0 Å². The number of hydrogen-bond acceptors (Lipinski definition) is 3. The average Bonchev–Trinajstić information content (AvgIpc) is 2.26. The topological polar surface area (TPSA) is 62.2 Å². The molecular formula is C11H12N2O2. The Hall–Kier alpha value is -2.02. The first-order valence-electron chi connectivity index (χ1n) is 4.59. The van der Waals surface area contributed by atoms with Gasteiger partial charge in [0.05, 0.1) is 11.6 Å². The SMILES string of the molecule is C#CC(CC)Nc1ccc(C(=O)O)cn1. The van der Waals surface area contributed by atoms with Crippen molar-refractivity contribution in [2.24, 2.45) is 0 Å². The molecule has 1 atom stereocenters. The first-order valence-corrected chi connectivity index (χ1v) is 4.59. The molecule has 1 aromatic heterocycles. The van der Waals surface area contributed by atoms with Gasteiger partial charge in [0, 0.05) is 6.20 Å². The minimum absolute atomic E-state index is 0.0758. The molecule has 1 rings (SSSR count). The number of carbonyl (C=O) groups is 1. The van der Waals surface area contributed by atoms with Crippen LogP contribution in [0.25, 0.3) is 0 Å². The van der Waals surface area contributed by atoms with Crippen LogP contribution in [0.3, 0.4) is 0 Å². The zero-order valence-corrected chi connectivity index (χ0v) is 8.40. The molecule has 0 saturated carbocycles. The van der Waals surface area contributed by atoms with E-state index in [4.69, 9.17) is 11.5 Å². The van der Waals surface area contributed by atoms with Gasteiger partial charge in [0.1, 0.15) is 5.82 Å². The van der Waals surface area contributed by atoms with E-state index in [1.807, 2.05) is 6.92 Å². The number of nitrogens with zero attached hydrogens (tertiary/aromatic N) is 1. The molecule has 0 aromatic carbocycles. The maximum absolute atomic E-state index is 10.6. The number of pyridine rings is 1. The minimum atomic E-state index is -0.988. The Balaban J connectivity index is 2.73. The van der Waals surface area contributed by atoms with Crippen LogP contribution in [0, 0.1) is 12.3 Å². The molecule has 1 unspecified atom stereocenters. The molecule has 0 saturated heterocycles. The summed E-state index contributed by atoms with van der Waals surface area (Å²) < 4.78 is 0. The standard InChI is InChI=1S/C11H12N2O2/c1-3-9(4-2)13-10-6-5-8(7-12-10)11(14)15/h1,5-7,9H,4H2,2H3,(H,12,13)(H,14,15). The van der Waals surface area contributed by atoms with Crippen LogP contribution in [-0.2, 0) is 0 Å². The molecule has 0 amide bonds. The molecule has 0 bridgehead atoms. The number of anilines is 1. The van der Waals surface area contributed by atoms with E-state index in [0.29, 0.717) is 5.82 Å². The molecule has 0 spiro atoms. The van der Waals surface area contributed by atoms with Gasteiger partial charge >= 0.3 is 5.97 Å². The van der Waals surface area contributed by atoms with Crippen molar-refractivity contribution in [3.63, 3.8) is 0 Å². The Morgan fingerprint density at radius 3 is 2.87 bits per heavy atom. The van der Waals surface area contributed by atoms with Gasteiger partial charge < -0.3 is 10.4 Å². The normalized spacial score (nSPS) is 11.5. The lowest BCUT2D eigenvalue weighted by atomic mass is 10.2. The fraction of sp³-hybridized carbons (Fsp3) is 0.273. The zero-order chi connectivity index (χ0) is 11.3. The molecule has 4 heteroatoms. The Morgan fingerprint density at radius 1 is 1.73 bits per heavy atom. The lowest BCUT2D eigenvalue weighted by Crippen LogP contribution is -2.16. The number of aromatic nitrogens is 1. The predicted octanol–water partition coefficient (Wildman–Crippen LogP) is 1.60. The fourth-order valence-electron chi connectivity index (χ4n) is 1.05. The first kappa shape index (κ1) is 11.1. The van der Waals surface area contributed by atoms with E-state index in [9.17, 15) is 4.79 Å². The molecule has 1 heterocycles. The lowest BCUT2D eigenvalue weighted by Gasteiger charge is -2.10. The van der Waals surface area contributed by atoms with Crippen LogP contribution >= 0.6 is 0 Å². The van der Waals surface area contributed by atoms with Crippen molar-refractivity contribution in [2.75, 3.05) is 5.32 Å². The second-order valence-corrected chi connectivity index (χ2v) is 3.01. The summed E-state index contributed by atoms with van der Waals surface area (Å²) in [6.07, 6.45) is 7.36. The van der Waals surface area contributed by atoms with Crippen LogP contribution in [0.5, 0.6) is 0 Å². The quantitative estimate of drug-likeness (QED) is 0.731. The van der Waals surface area contributed by atoms with Crippen molar-refractivity contribution in [3.05, 3.63) is 23.9 Å². The number of nitrogens with one attached hydrogen (secondary N) is 1. The van der Waals surface area contributed by atoms with Crippen LogP contribution in [0.15, 0.2) is 18.3 Å². The van der Waals surface area contributed by atoms with Crippen LogP contribution in [0.4, 0.5) is 5.82 Å². The predicted molar refractivity (Wildman–Crippen MR) is 57.7 cm³/mol. The molecule has 0 aliphatic heterocycles. The van der Waals surface area contributed by atoms with Gasteiger partial charge in [-0.25, -0.2) is 9.78 Å². The number of rotatable bonds is 4. The summed E-state index contributed by atoms with van der Waals surface area (Å²) >= 11 is 0. The Kier molecular flexibility index (Phi) is 3.69. The van der Waals surface area contributed by atoms with Crippen molar-refractivity contribution in [3.8, 4) is 12.3 Å². The monoisotopic (exact) mass is 204 g/mol. The molecule has 2 N–H and O–H groups in total. The summed E-state index contributed by atoms with van der Waals surface area (Å²) in [7, 11) is 0. The van der Waals surface area contributed by atoms with Gasteiger partial charge in [-0.1, -0.05) is 12.8 Å². The van der Waals surface area contributed by atoms with Gasteiger partial charge in [-0.05, 0) is 18.6 Å². The number of carboxylic acids is 1. The molecule has 0 radical (unpaired) electrons. The lowest BCUT2D eigenvalue weighted by molar-refractivity contribution is 0.0696. The van der Waals surface area contributed by atoms with Crippen molar-refractivity contribution < 1.29 is 9.90 Å². The zero-order valence-electron chi connectivity index (χ0n) is 8.40. The maximum Gasteiger partial charge on any atom is 0.337 e. The second kappa shape index (κ2) is 5.01. The van der Waals surface area contributed by atoms with E-state index in [0.717, 1.165) is 6.42 Å². The second-order valence-electron chi connectivity index (χ2n) is 3.01. The molecule has 0 aliphatic carbocycles. The van der Waals surface area contributed by atoms with Crippen LogP contribution < -0.4 is 5.32 Å². The number of terminal acetylenes is 1. The average molecular weight is 204 g/mol. The van der Waals surface area contributed by atoms with Gasteiger partial charge in [-0.15, -0.1) is 6.42 Å². The van der Waals surface area contributed by atoms with Crippen molar-refractivity contribution in [2.45, 2.75) is 19.4 Å². The minimum Gasteiger partial charge on any atom is -0.478 e. The van der Waals surface area contributed by atoms with E-state index >= 15 is 0 Å². The summed E-state index contributed by atoms with van der Waals surface area (Å²) in [6, 6.07) is 3.01. The molecular weight excluding hydrogens is 192 g/mol. The molecule has 1 aromatic rings. The maximum atomic E-state index is 10.6. The van der Waals surface area contributed by atoms with Gasteiger partial charge in [0.2, 0.25) is 0 Å². The van der Waals surface area contributed by atoms with Gasteiger partial charge in [0.25, 0.3) is 0 Å². The van der Waals surface area contributed by atoms with Crippen molar-refractivity contribution in [1.29, 1.82) is 0 Å². The van der Waals surface area contributed by atoms with Crippen LogP contribution in [0.2, 0.25) is 0 Å². The van der Waals surface area contributed by atoms with Gasteiger partial charge in [-0.3, -0.25) is 0 Å². The Labute approximate surface area is 88.3 Å². The first-order chi connectivity index (χ1) is 7.17. The Bertz CT molecular complexity index is 379. The third-order valence-corrected chi connectivity index (χ3v) is 1.94. The summed E-state index contributed by atoms with van der Waals surface area (Å²) in [5.74, 6) is 2.17. The highest BCUT2D eigenvalue weighted by molar-refractivity contribution is 5.87. The smallest absolute Gasteiger partial charge is 0.337 e. The third kappa shape index (κ3) is 2.99. The summed E-state index contributed by atoms with van der Waals surface area (Å²) in [4.78, 5) is 14.5. The van der Waals surface area contributed by atoms with Gasteiger partial charge in [0.15, 0.2) is 0 Å². The van der Waals surface area contributed by atoms with E-state index in [2.05, 4.69) is 16.2 Å². The summed E-state index contributed by atoms with van der Waals surface area (Å²) in [6.45, 7) is 1.96. The molecule has 4 nitrogen and oxygen atoms in total. The fourth-order valence-corrected chi connectivity index (χ4v) is 1.05. The van der Waals surface area contributed by atoms with E-state index in [1.54, 1.807) is 6.07 Å². The van der Waals surface area contributed by atoms with E-state index in [1.165, 1.54) is 12.3 Å². The number of carboxylic acid groups (broad SMARTS) is 1. The highest BCUT2D eigenvalue weighted by Gasteiger charge is 2.05.